The second kappa shape index (κ2) is 5.18. The number of hydrogen-bond acceptors (Lipinski definition) is 3. The molecule has 0 aromatic heterocycles. The molecule has 0 heterocycles. The van der Waals surface area contributed by atoms with E-state index in [1.807, 2.05) is 25.1 Å². The monoisotopic (exact) mass is 307 g/mol. The molecular weight excluding hydrogens is 298 g/mol. The lowest BCUT2D eigenvalue weighted by atomic mass is 10.2. The molecule has 92 valence electrons. The van der Waals surface area contributed by atoms with E-state index in [1.165, 1.54) is 6.07 Å². The van der Waals surface area contributed by atoms with Gasteiger partial charge in [-0.3, -0.25) is 10.1 Å². The van der Waals surface area contributed by atoms with E-state index in [0.717, 1.165) is 5.56 Å². The molecule has 0 radical (unpaired) electrons. The molecule has 0 bridgehead atoms. The van der Waals surface area contributed by atoms with Crippen molar-refractivity contribution in [3.05, 3.63) is 62.6 Å². The Morgan fingerprint density at radius 3 is 2.56 bits per heavy atom. The average Bonchev–Trinajstić information content (AvgIpc) is 2.34. The third-order valence-electron chi connectivity index (χ3n) is 2.43. The van der Waals surface area contributed by atoms with E-state index in [0.29, 0.717) is 10.2 Å². The van der Waals surface area contributed by atoms with Crippen LogP contribution in [0.4, 0.5) is 5.69 Å². The van der Waals surface area contributed by atoms with Crippen LogP contribution >= 0.6 is 15.9 Å². The van der Waals surface area contributed by atoms with Crippen LogP contribution in [0.5, 0.6) is 11.5 Å². The Kier molecular flexibility index (Phi) is 3.62. The molecular formula is C13H10BrNO3. The predicted octanol–water partition coefficient (Wildman–Crippen LogP) is 4.46. The first kappa shape index (κ1) is 12.6. The fourth-order valence-electron chi connectivity index (χ4n) is 1.51. The van der Waals surface area contributed by atoms with E-state index >= 15 is 0 Å². The summed E-state index contributed by atoms with van der Waals surface area (Å²) in [6, 6.07) is 12.1. The van der Waals surface area contributed by atoms with Crippen LogP contribution in [0.25, 0.3) is 0 Å². The zero-order chi connectivity index (χ0) is 13.1. The third kappa shape index (κ3) is 2.68. The van der Waals surface area contributed by atoms with Crippen molar-refractivity contribution < 1.29 is 9.66 Å². The number of benzene rings is 2. The topological polar surface area (TPSA) is 52.4 Å². The molecule has 4 nitrogen and oxygen atoms in total. The molecule has 0 spiro atoms. The van der Waals surface area contributed by atoms with E-state index in [-0.39, 0.29) is 11.4 Å². The summed E-state index contributed by atoms with van der Waals surface area (Å²) < 4.78 is 6.24. The van der Waals surface area contributed by atoms with Gasteiger partial charge < -0.3 is 4.74 Å². The molecule has 0 amide bonds. The molecule has 0 N–H and O–H groups in total. The highest BCUT2D eigenvalue weighted by molar-refractivity contribution is 9.10. The summed E-state index contributed by atoms with van der Waals surface area (Å²) in [6.45, 7) is 1.89. The molecule has 0 aliphatic heterocycles. The Balaban J connectivity index is 2.41. The lowest BCUT2D eigenvalue weighted by molar-refractivity contribution is -0.385. The zero-order valence-electron chi connectivity index (χ0n) is 9.59. The minimum Gasteiger partial charge on any atom is -0.450 e. The standard InChI is InChI=1S/C13H10BrNO3/c1-9-4-2-3-5-12(9)18-13-7-6-10(14)8-11(13)15(16)17/h2-8H,1H3. The minimum atomic E-state index is -0.460. The van der Waals surface area contributed by atoms with Crippen molar-refractivity contribution in [1.82, 2.24) is 0 Å². The predicted molar refractivity (Wildman–Crippen MR) is 72.0 cm³/mol. The third-order valence-corrected chi connectivity index (χ3v) is 2.92. The number of halogens is 1. The normalized spacial score (nSPS) is 10.1. The van der Waals surface area contributed by atoms with Crippen LogP contribution in [-0.2, 0) is 0 Å². The molecule has 0 saturated carbocycles. The second-order valence-corrected chi connectivity index (χ2v) is 4.65. The maximum absolute atomic E-state index is 11.0. The average molecular weight is 308 g/mol. The molecule has 0 unspecified atom stereocenters. The molecule has 0 aliphatic carbocycles. The van der Waals surface area contributed by atoms with Crippen molar-refractivity contribution in [3.8, 4) is 11.5 Å². The van der Waals surface area contributed by atoms with Gasteiger partial charge in [0.25, 0.3) is 0 Å². The van der Waals surface area contributed by atoms with Crippen LogP contribution in [0.2, 0.25) is 0 Å². The van der Waals surface area contributed by atoms with E-state index in [1.54, 1.807) is 18.2 Å². The number of nitro groups is 1. The fraction of sp³-hybridized carbons (Fsp3) is 0.0769. The van der Waals surface area contributed by atoms with Gasteiger partial charge in [-0.25, -0.2) is 0 Å². The summed E-state index contributed by atoms with van der Waals surface area (Å²) in [4.78, 5) is 10.5. The smallest absolute Gasteiger partial charge is 0.312 e. The van der Waals surface area contributed by atoms with Gasteiger partial charge >= 0.3 is 5.69 Å². The quantitative estimate of drug-likeness (QED) is 0.621. The van der Waals surface area contributed by atoms with Crippen LogP contribution < -0.4 is 4.74 Å². The highest BCUT2D eigenvalue weighted by atomic mass is 79.9. The Morgan fingerprint density at radius 1 is 1.17 bits per heavy atom. The Bertz CT molecular complexity index is 599. The molecule has 2 aromatic carbocycles. The van der Waals surface area contributed by atoms with E-state index in [2.05, 4.69) is 15.9 Å². The largest absolute Gasteiger partial charge is 0.450 e. The van der Waals surface area contributed by atoms with Gasteiger partial charge in [-0.05, 0) is 30.7 Å². The molecule has 0 atom stereocenters. The van der Waals surface area contributed by atoms with Crippen molar-refractivity contribution in [2.45, 2.75) is 6.92 Å². The summed E-state index contributed by atoms with van der Waals surface area (Å²) in [7, 11) is 0. The Morgan fingerprint density at radius 2 is 1.89 bits per heavy atom. The number of nitrogens with zero attached hydrogens (tertiary/aromatic N) is 1. The van der Waals surface area contributed by atoms with Gasteiger partial charge in [-0.1, -0.05) is 34.1 Å². The first-order valence-corrected chi connectivity index (χ1v) is 6.04. The maximum atomic E-state index is 11.0. The van der Waals surface area contributed by atoms with Crippen molar-refractivity contribution in [3.63, 3.8) is 0 Å². The Hall–Kier alpha value is -1.88. The van der Waals surface area contributed by atoms with Gasteiger partial charge in [-0.2, -0.15) is 0 Å². The van der Waals surface area contributed by atoms with Gasteiger partial charge in [0, 0.05) is 10.5 Å². The molecule has 2 rings (SSSR count). The van der Waals surface area contributed by atoms with Gasteiger partial charge in [0.05, 0.1) is 4.92 Å². The van der Waals surface area contributed by atoms with Crippen molar-refractivity contribution in [2.75, 3.05) is 0 Å². The summed E-state index contributed by atoms with van der Waals surface area (Å²) in [5, 5.41) is 11.0. The summed E-state index contributed by atoms with van der Waals surface area (Å²) in [5.41, 5.74) is 0.863. The molecule has 2 aromatic rings. The highest BCUT2D eigenvalue weighted by Gasteiger charge is 2.16. The highest BCUT2D eigenvalue weighted by Crippen LogP contribution is 2.34. The number of nitro benzene ring substituents is 1. The molecule has 0 fully saturated rings. The van der Waals surface area contributed by atoms with Crippen LogP contribution in [0.1, 0.15) is 5.56 Å². The first-order chi connectivity index (χ1) is 8.58. The van der Waals surface area contributed by atoms with Crippen LogP contribution in [-0.4, -0.2) is 4.92 Å². The van der Waals surface area contributed by atoms with Crippen LogP contribution in [0.3, 0.4) is 0 Å². The number of para-hydroxylation sites is 1. The number of aryl methyl sites for hydroxylation is 1. The maximum Gasteiger partial charge on any atom is 0.312 e. The van der Waals surface area contributed by atoms with E-state index in [9.17, 15) is 10.1 Å². The number of ether oxygens (including phenoxy) is 1. The molecule has 0 aliphatic rings. The lowest BCUT2D eigenvalue weighted by Crippen LogP contribution is -1.94. The van der Waals surface area contributed by atoms with E-state index in [4.69, 9.17) is 4.74 Å². The minimum absolute atomic E-state index is 0.0624. The van der Waals surface area contributed by atoms with Gasteiger partial charge in [0.2, 0.25) is 5.75 Å². The van der Waals surface area contributed by atoms with Crippen molar-refractivity contribution in [1.29, 1.82) is 0 Å². The second-order valence-electron chi connectivity index (χ2n) is 3.74. The summed E-state index contributed by atoms with van der Waals surface area (Å²) >= 11 is 3.20. The van der Waals surface area contributed by atoms with Gasteiger partial charge in [0.1, 0.15) is 5.75 Å². The molecule has 18 heavy (non-hydrogen) atoms. The fourth-order valence-corrected chi connectivity index (χ4v) is 1.86. The molecule has 0 saturated heterocycles. The first-order valence-electron chi connectivity index (χ1n) is 5.25. The lowest BCUT2D eigenvalue weighted by Gasteiger charge is -2.08. The van der Waals surface area contributed by atoms with Crippen LogP contribution in [0, 0.1) is 17.0 Å². The van der Waals surface area contributed by atoms with Crippen molar-refractivity contribution in [2.24, 2.45) is 0 Å². The number of hydrogen-bond donors (Lipinski definition) is 0. The van der Waals surface area contributed by atoms with E-state index < -0.39 is 4.92 Å². The van der Waals surface area contributed by atoms with Gasteiger partial charge in [-0.15, -0.1) is 0 Å². The van der Waals surface area contributed by atoms with Crippen LogP contribution in [0.15, 0.2) is 46.9 Å². The Labute approximate surface area is 112 Å². The van der Waals surface area contributed by atoms with Crippen molar-refractivity contribution >= 4 is 21.6 Å². The molecule has 5 heteroatoms. The SMILES string of the molecule is Cc1ccccc1Oc1ccc(Br)cc1[N+](=O)[O-]. The summed E-state index contributed by atoms with van der Waals surface area (Å²) in [6.07, 6.45) is 0. The zero-order valence-corrected chi connectivity index (χ0v) is 11.2. The summed E-state index contributed by atoms with van der Waals surface area (Å²) in [5.74, 6) is 0.848. The van der Waals surface area contributed by atoms with Gasteiger partial charge in [0.15, 0.2) is 0 Å². The number of rotatable bonds is 3.